The van der Waals surface area contributed by atoms with E-state index in [1.807, 2.05) is 18.2 Å². The van der Waals surface area contributed by atoms with Crippen LogP contribution in [0.2, 0.25) is 5.02 Å². The second kappa shape index (κ2) is 6.09. The topological polar surface area (TPSA) is 0 Å². The molecule has 0 bridgehead atoms. The smallest absolute Gasteiger partial charge is 0.0757 e. The molecule has 0 amide bonds. The van der Waals surface area contributed by atoms with Gasteiger partial charge in [-0.25, -0.2) is 0 Å². The van der Waals surface area contributed by atoms with Gasteiger partial charge >= 0.3 is 0 Å². The average Bonchev–Trinajstić information content (AvgIpc) is 2.78. The molecule has 0 radical (unpaired) electrons. The fourth-order valence-corrected chi connectivity index (χ4v) is 6.55. The summed E-state index contributed by atoms with van der Waals surface area (Å²) in [5, 5.41) is 3.05. The number of alkyl halides is 1. The van der Waals surface area contributed by atoms with Gasteiger partial charge in [-0.3, -0.25) is 0 Å². The third-order valence-corrected chi connectivity index (χ3v) is 6.84. The summed E-state index contributed by atoms with van der Waals surface area (Å²) in [6, 6.07) is 14.4. The number of fused-ring (bicyclic) bond motifs is 1. The van der Waals surface area contributed by atoms with Crippen molar-refractivity contribution in [3.05, 3.63) is 66.2 Å². The summed E-state index contributed by atoms with van der Waals surface area (Å²) in [6.45, 7) is 0. The third kappa shape index (κ3) is 2.73. The van der Waals surface area contributed by atoms with Crippen molar-refractivity contribution in [2.24, 2.45) is 0 Å². The van der Waals surface area contributed by atoms with E-state index in [9.17, 15) is 0 Å². The number of hydrogen-bond donors (Lipinski definition) is 0. The Hall–Kier alpha value is 0.130. The molecule has 0 aliphatic heterocycles. The fourth-order valence-electron chi connectivity index (χ4n) is 2.20. The van der Waals surface area contributed by atoms with Gasteiger partial charge in [-0.05, 0) is 60.5 Å². The number of hydrogen-bond acceptors (Lipinski definition) is 1. The van der Waals surface area contributed by atoms with E-state index in [0.29, 0.717) is 0 Å². The molecule has 1 heterocycles. The summed E-state index contributed by atoms with van der Waals surface area (Å²) >= 11 is 18.9. The van der Waals surface area contributed by atoms with Gasteiger partial charge in [0.1, 0.15) is 0 Å². The molecule has 3 rings (SSSR count). The van der Waals surface area contributed by atoms with Gasteiger partial charge in [0.25, 0.3) is 0 Å². The zero-order valence-corrected chi connectivity index (χ0v) is 16.4. The highest BCUT2D eigenvalue weighted by atomic mass is 79.9. The van der Waals surface area contributed by atoms with Crippen LogP contribution in [0.4, 0.5) is 0 Å². The largest absolute Gasteiger partial charge is 0.121 e. The first-order valence-corrected chi connectivity index (χ1v) is 9.53. The van der Waals surface area contributed by atoms with Gasteiger partial charge in [0, 0.05) is 10.4 Å². The van der Waals surface area contributed by atoms with Gasteiger partial charge in [-0.2, -0.15) is 0 Å². The van der Waals surface area contributed by atoms with Crippen molar-refractivity contribution in [2.75, 3.05) is 0 Å². The van der Waals surface area contributed by atoms with E-state index >= 15 is 0 Å². The fraction of sp³-hybridized carbons (Fsp3) is 0.0667. The summed E-state index contributed by atoms with van der Waals surface area (Å²) in [6.07, 6.45) is 0. The molecule has 0 saturated heterocycles. The van der Waals surface area contributed by atoms with Gasteiger partial charge in [0.15, 0.2) is 0 Å². The van der Waals surface area contributed by atoms with Crippen LogP contribution in [0, 0.1) is 0 Å². The zero-order chi connectivity index (χ0) is 14.3. The van der Waals surface area contributed by atoms with Crippen LogP contribution in [0.5, 0.6) is 0 Å². The molecule has 20 heavy (non-hydrogen) atoms. The molecule has 0 spiro atoms. The maximum absolute atomic E-state index is 6.29. The zero-order valence-electron chi connectivity index (χ0n) is 10.0. The van der Waals surface area contributed by atoms with Gasteiger partial charge < -0.3 is 0 Å². The van der Waals surface area contributed by atoms with E-state index in [0.717, 1.165) is 18.0 Å². The van der Waals surface area contributed by atoms with E-state index in [1.54, 1.807) is 11.3 Å². The van der Waals surface area contributed by atoms with Crippen molar-refractivity contribution in [1.82, 2.24) is 0 Å². The number of thiophene rings is 1. The van der Waals surface area contributed by atoms with Gasteiger partial charge in [0.2, 0.25) is 0 Å². The lowest BCUT2D eigenvalue weighted by molar-refractivity contribution is 1.21. The average molecular weight is 495 g/mol. The second-order valence-corrected chi connectivity index (χ2v) is 9.40. The SMILES string of the molecule is Clc1ccc(C(Br)c2cc(Br)sc2Br)c2ccccc12. The van der Waals surface area contributed by atoms with Gasteiger partial charge in [-0.1, -0.05) is 57.9 Å². The number of benzene rings is 2. The molecule has 5 heteroatoms. The van der Waals surface area contributed by atoms with Gasteiger partial charge in [0.05, 0.1) is 12.4 Å². The number of rotatable bonds is 2. The van der Waals surface area contributed by atoms with E-state index in [4.69, 9.17) is 11.6 Å². The Morgan fingerprint density at radius 1 is 0.950 bits per heavy atom. The Balaban J connectivity index is 2.20. The summed E-state index contributed by atoms with van der Waals surface area (Å²) in [5.41, 5.74) is 2.44. The van der Waals surface area contributed by atoms with Crippen LogP contribution in [0.1, 0.15) is 16.0 Å². The lowest BCUT2D eigenvalue weighted by Crippen LogP contribution is -1.93. The molecule has 0 aliphatic carbocycles. The van der Waals surface area contributed by atoms with Crippen LogP contribution in [0.15, 0.2) is 50.0 Å². The standard InChI is InChI=1S/C15H8Br3ClS/c16-13-7-11(15(18)20-13)14(17)10-5-6-12(19)9-4-2-1-3-8(9)10/h1-7,14H. The van der Waals surface area contributed by atoms with Crippen LogP contribution >= 0.6 is 70.7 Å². The van der Waals surface area contributed by atoms with Crippen LogP contribution in [0.25, 0.3) is 10.8 Å². The summed E-state index contributed by atoms with van der Waals surface area (Å²) in [7, 11) is 0. The Labute approximate surface area is 151 Å². The minimum atomic E-state index is 0.126. The Morgan fingerprint density at radius 2 is 1.65 bits per heavy atom. The molecule has 0 N–H and O–H groups in total. The van der Waals surface area contributed by atoms with E-state index in [2.05, 4.69) is 72.1 Å². The molecule has 102 valence electrons. The van der Waals surface area contributed by atoms with Crippen LogP contribution in [-0.4, -0.2) is 0 Å². The van der Waals surface area contributed by atoms with E-state index in [1.165, 1.54) is 16.5 Å². The minimum Gasteiger partial charge on any atom is -0.121 e. The van der Waals surface area contributed by atoms with Crippen molar-refractivity contribution >= 4 is 81.5 Å². The third-order valence-electron chi connectivity index (χ3n) is 3.13. The highest BCUT2D eigenvalue weighted by molar-refractivity contribution is 9.12. The van der Waals surface area contributed by atoms with Crippen LogP contribution in [-0.2, 0) is 0 Å². The van der Waals surface area contributed by atoms with E-state index in [-0.39, 0.29) is 4.83 Å². The first-order chi connectivity index (χ1) is 9.58. The molecule has 1 atom stereocenters. The predicted molar refractivity (Wildman–Crippen MR) is 99.4 cm³/mol. The molecule has 0 aliphatic rings. The molecule has 0 saturated carbocycles. The quantitative estimate of drug-likeness (QED) is 0.322. The lowest BCUT2D eigenvalue weighted by Gasteiger charge is -2.14. The van der Waals surface area contributed by atoms with Crippen molar-refractivity contribution < 1.29 is 0 Å². The number of halogens is 4. The molecular weight excluding hydrogens is 487 g/mol. The first-order valence-electron chi connectivity index (χ1n) is 5.84. The Kier molecular flexibility index (Phi) is 4.58. The molecule has 0 nitrogen and oxygen atoms in total. The highest BCUT2D eigenvalue weighted by Crippen LogP contribution is 2.44. The molecule has 3 aromatic rings. The first kappa shape index (κ1) is 15.0. The normalized spacial score (nSPS) is 12.8. The van der Waals surface area contributed by atoms with Crippen molar-refractivity contribution in [3.8, 4) is 0 Å². The van der Waals surface area contributed by atoms with Crippen LogP contribution in [0.3, 0.4) is 0 Å². The minimum absolute atomic E-state index is 0.126. The summed E-state index contributed by atoms with van der Waals surface area (Å²) < 4.78 is 2.24. The van der Waals surface area contributed by atoms with E-state index < -0.39 is 0 Å². The lowest BCUT2D eigenvalue weighted by atomic mass is 10.00. The van der Waals surface area contributed by atoms with Crippen molar-refractivity contribution in [2.45, 2.75) is 4.83 Å². The Bertz CT molecular complexity index is 782. The van der Waals surface area contributed by atoms with Crippen LogP contribution < -0.4 is 0 Å². The summed E-state index contributed by atoms with van der Waals surface area (Å²) in [4.78, 5) is 0.126. The monoisotopic (exact) mass is 492 g/mol. The predicted octanol–water partition coefficient (Wildman–Crippen LogP) is 7.56. The molecule has 0 fully saturated rings. The molecule has 1 unspecified atom stereocenters. The van der Waals surface area contributed by atoms with Crippen molar-refractivity contribution in [1.29, 1.82) is 0 Å². The second-order valence-electron chi connectivity index (χ2n) is 4.32. The molecule has 2 aromatic carbocycles. The maximum atomic E-state index is 6.29. The summed E-state index contributed by atoms with van der Waals surface area (Å²) in [5.74, 6) is 0. The van der Waals surface area contributed by atoms with Gasteiger partial charge in [-0.15, -0.1) is 11.3 Å². The maximum Gasteiger partial charge on any atom is 0.0757 e. The highest BCUT2D eigenvalue weighted by Gasteiger charge is 2.19. The van der Waals surface area contributed by atoms with Crippen molar-refractivity contribution in [3.63, 3.8) is 0 Å². The molecule has 1 aromatic heterocycles. The molecular formula is C15H8Br3ClS. The Morgan fingerprint density at radius 3 is 2.30 bits per heavy atom.